The Hall–Kier alpha value is -0.830. The van der Waals surface area contributed by atoms with Crippen LogP contribution in [-0.2, 0) is 6.42 Å². The van der Waals surface area contributed by atoms with Gasteiger partial charge in [0.1, 0.15) is 5.82 Å². The summed E-state index contributed by atoms with van der Waals surface area (Å²) in [6.45, 7) is 4.27. The molecule has 1 atom stereocenters. The second kappa shape index (κ2) is 3.34. The molecule has 82 valence electrons. The molecule has 1 aliphatic heterocycles. The monoisotopic (exact) mass is 205 g/mol. The molecule has 0 bridgehead atoms. The summed E-state index contributed by atoms with van der Waals surface area (Å²) in [5, 5.41) is 3.73. The third-order valence-corrected chi connectivity index (χ3v) is 3.59. The first-order valence-corrected chi connectivity index (χ1v) is 6.06. The quantitative estimate of drug-likeness (QED) is 0.801. The summed E-state index contributed by atoms with van der Waals surface area (Å²) in [4.78, 5) is 4.59. The molecule has 1 aromatic rings. The lowest BCUT2D eigenvalue weighted by Crippen LogP contribution is -2.32. The fourth-order valence-corrected chi connectivity index (χ4v) is 2.72. The fraction of sp³-hybridized carbons (Fsp3) is 0.750. The van der Waals surface area contributed by atoms with E-state index in [1.165, 1.54) is 49.3 Å². The first-order chi connectivity index (χ1) is 7.25. The van der Waals surface area contributed by atoms with Crippen LogP contribution in [0, 0.1) is 13.8 Å². The zero-order valence-electron chi connectivity index (χ0n) is 9.58. The molecular weight excluding hydrogens is 186 g/mol. The molecule has 1 fully saturated rings. The first-order valence-electron chi connectivity index (χ1n) is 6.06. The number of fused-ring (bicyclic) bond motifs is 1. The number of aryl methyl sites for hydroxylation is 2. The van der Waals surface area contributed by atoms with E-state index in [-0.39, 0.29) is 0 Å². The van der Waals surface area contributed by atoms with E-state index in [1.807, 2.05) is 0 Å². The van der Waals surface area contributed by atoms with Gasteiger partial charge in [0.15, 0.2) is 0 Å². The van der Waals surface area contributed by atoms with Crippen LogP contribution < -0.4 is 5.32 Å². The average Bonchev–Trinajstić information content (AvgIpc) is 2.96. The van der Waals surface area contributed by atoms with Crippen molar-refractivity contribution in [2.45, 2.75) is 58.2 Å². The van der Waals surface area contributed by atoms with E-state index in [2.05, 4.69) is 28.7 Å². The second-order valence-electron chi connectivity index (χ2n) is 4.91. The van der Waals surface area contributed by atoms with E-state index in [0.29, 0.717) is 6.17 Å². The van der Waals surface area contributed by atoms with Crippen LogP contribution in [0.15, 0.2) is 0 Å². The topological polar surface area (TPSA) is 29.9 Å². The molecule has 0 spiro atoms. The average molecular weight is 205 g/mol. The molecule has 0 saturated heterocycles. The third-order valence-electron chi connectivity index (χ3n) is 3.59. The van der Waals surface area contributed by atoms with Gasteiger partial charge in [-0.1, -0.05) is 0 Å². The van der Waals surface area contributed by atoms with Crippen LogP contribution in [0.25, 0.3) is 0 Å². The standard InChI is InChI=1S/C12H19N3/c1-8-11-4-3-5-12(14-10-6-7-10)15(11)9(2)13-8/h10,12,14H,3-7H2,1-2H3. The molecule has 0 radical (unpaired) electrons. The predicted molar refractivity (Wildman–Crippen MR) is 59.8 cm³/mol. The molecule has 0 amide bonds. The van der Waals surface area contributed by atoms with Gasteiger partial charge in [-0.3, -0.25) is 5.32 Å². The van der Waals surface area contributed by atoms with Crippen LogP contribution in [0.2, 0.25) is 0 Å². The lowest BCUT2D eigenvalue weighted by atomic mass is 10.1. The molecule has 3 heteroatoms. The summed E-state index contributed by atoms with van der Waals surface area (Å²) in [6.07, 6.45) is 7.01. The summed E-state index contributed by atoms with van der Waals surface area (Å²) in [5.41, 5.74) is 2.69. The van der Waals surface area contributed by atoms with Crippen molar-refractivity contribution in [3.05, 3.63) is 17.2 Å². The van der Waals surface area contributed by atoms with Gasteiger partial charge in [0.05, 0.1) is 11.9 Å². The minimum atomic E-state index is 0.516. The number of hydrogen-bond acceptors (Lipinski definition) is 2. The van der Waals surface area contributed by atoms with Crippen molar-refractivity contribution in [1.29, 1.82) is 0 Å². The Bertz CT molecular complexity index is 376. The maximum absolute atomic E-state index is 4.59. The van der Waals surface area contributed by atoms with E-state index in [0.717, 1.165) is 6.04 Å². The highest BCUT2D eigenvalue weighted by molar-refractivity contribution is 5.18. The molecule has 3 nitrogen and oxygen atoms in total. The van der Waals surface area contributed by atoms with Crippen LogP contribution in [0.3, 0.4) is 0 Å². The zero-order valence-corrected chi connectivity index (χ0v) is 9.58. The van der Waals surface area contributed by atoms with Crippen molar-refractivity contribution in [3.8, 4) is 0 Å². The molecule has 0 aromatic carbocycles. The van der Waals surface area contributed by atoms with Crippen molar-refractivity contribution in [2.75, 3.05) is 0 Å². The smallest absolute Gasteiger partial charge is 0.107 e. The minimum absolute atomic E-state index is 0.516. The van der Waals surface area contributed by atoms with Crippen LogP contribution in [0.4, 0.5) is 0 Å². The van der Waals surface area contributed by atoms with Crippen molar-refractivity contribution < 1.29 is 0 Å². The summed E-state index contributed by atoms with van der Waals surface area (Å²) in [5.74, 6) is 1.18. The summed E-state index contributed by atoms with van der Waals surface area (Å²) >= 11 is 0. The van der Waals surface area contributed by atoms with Gasteiger partial charge in [-0.25, -0.2) is 4.98 Å². The van der Waals surface area contributed by atoms with Crippen molar-refractivity contribution in [1.82, 2.24) is 14.9 Å². The Morgan fingerprint density at radius 3 is 2.80 bits per heavy atom. The van der Waals surface area contributed by atoms with E-state index in [9.17, 15) is 0 Å². The molecule has 1 aromatic heterocycles. The predicted octanol–water partition coefficient (Wildman–Crippen LogP) is 2.09. The van der Waals surface area contributed by atoms with Gasteiger partial charge in [-0.2, -0.15) is 0 Å². The Kier molecular flexibility index (Phi) is 2.09. The number of nitrogens with zero attached hydrogens (tertiary/aromatic N) is 2. The fourth-order valence-electron chi connectivity index (χ4n) is 2.72. The van der Waals surface area contributed by atoms with Gasteiger partial charge >= 0.3 is 0 Å². The number of rotatable bonds is 2. The Labute approximate surface area is 90.9 Å². The molecule has 1 saturated carbocycles. The maximum Gasteiger partial charge on any atom is 0.107 e. The lowest BCUT2D eigenvalue weighted by molar-refractivity contribution is 0.325. The Balaban J connectivity index is 1.93. The van der Waals surface area contributed by atoms with E-state index in [4.69, 9.17) is 0 Å². The van der Waals surface area contributed by atoms with Crippen LogP contribution in [0.1, 0.15) is 49.1 Å². The molecule has 2 heterocycles. The highest BCUT2D eigenvalue weighted by Crippen LogP contribution is 2.30. The van der Waals surface area contributed by atoms with Gasteiger partial charge in [-0.05, 0) is 46.0 Å². The Morgan fingerprint density at radius 1 is 1.27 bits per heavy atom. The number of hydrogen-bond donors (Lipinski definition) is 1. The van der Waals surface area contributed by atoms with E-state index < -0.39 is 0 Å². The number of nitrogens with one attached hydrogen (secondary N) is 1. The SMILES string of the molecule is Cc1nc(C)n2c1CCCC2NC1CC1. The van der Waals surface area contributed by atoms with Crippen molar-refractivity contribution in [3.63, 3.8) is 0 Å². The summed E-state index contributed by atoms with van der Waals surface area (Å²) < 4.78 is 2.43. The number of aromatic nitrogens is 2. The van der Waals surface area contributed by atoms with Crippen molar-refractivity contribution in [2.24, 2.45) is 0 Å². The molecule has 2 aliphatic rings. The summed E-state index contributed by atoms with van der Waals surface area (Å²) in [6, 6.07) is 0.781. The highest BCUT2D eigenvalue weighted by atomic mass is 15.2. The maximum atomic E-state index is 4.59. The summed E-state index contributed by atoms with van der Waals surface area (Å²) in [7, 11) is 0. The number of imidazole rings is 1. The zero-order chi connectivity index (χ0) is 10.4. The molecule has 1 unspecified atom stereocenters. The van der Waals surface area contributed by atoms with Crippen LogP contribution in [-0.4, -0.2) is 15.6 Å². The van der Waals surface area contributed by atoms with Gasteiger partial charge in [0.2, 0.25) is 0 Å². The van der Waals surface area contributed by atoms with E-state index >= 15 is 0 Å². The lowest BCUT2D eigenvalue weighted by Gasteiger charge is -2.28. The Morgan fingerprint density at radius 2 is 2.07 bits per heavy atom. The molecule has 15 heavy (non-hydrogen) atoms. The molecular formula is C12H19N3. The van der Waals surface area contributed by atoms with Gasteiger partial charge in [-0.15, -0.1) is 0 Å². The van der Waals surface area contributed by atoms with E-state index in [1.54, 1.807) is 0 Å². The third kappa shape index (κ3) is 1.59. The molecule has 3 rings (SSSR count). The van der Waals surface area contributed by atoms with Gasteiger partial charge in [0.25, 0.3) is 0 Å². The van der Waals surface area contributed by atoms with Crippen LogP contribution >= 0.6 is 0 Å². The molecule has 1 aliphatic carbocycles. The normalized spacial score (nSPS) is 25.3. The van der Waals surface area contributed by atoms with Gasteiger partial charge < -0.3 is 4.57 Å². The second-order valence-corrected chi connectivity index (χ2v) is 4.91. The van der Waals surface area contributed by atoms with Gasteiger partial charge in [0, 0.05) is 11.7 Å². The van der Waals surface area contributed by atoms with Crippen molar-refractivity contribution >= 4 is 0 Å². The molecule has 1 N–H and O–H groups in total. The minimum Gasteiger partial charge on any atom is -0.316 e. The highest BCUT2D eigenvalue weighted by Gasteiger charge is 2.29. The largest absolute Gasteiger partial charge is 0.316 e. The van der Waals surface area contributed by atoms with Crippen LogP contribution in [0.5, 0.6) is 0 Å². The first kappa shape index (κ1) is 9.40.